The Hall–Kier alpha value is -3.14. The Morgan fingerprint density at radius 2 is 1.60 bits per heavy atom. The summed E-state index contributed by atoms with van der Waals surface area (Å²) >= 11 is 2.84. The van der Waals surface area contributed by atoms with Gasteiger partial charge < -0.3 is 5.32 Å². The minimum absolute atomic E-state index is 0.146. The second kappa shape index (κ2) is 10.6. The fourth-order valence-corrected chi connectivity index (χ4v) is 6.08. The van der Waals surface area contributed by atoms with Crippen LogP contribution in [0.25, 0.3) is 11.3 Å². The van der Waals surface area contributed by atoms with Crippen LogP contribution in [0.3, 0.4) is 0 Å². The van der Waals surface area contributed by atoms with E-state index in [1.807, 2.05) is 51.1 Å². The molecule has 4 aromatic rings. The van der Waals surface area contributed by atoms with Gasteiger partial charge in [0.15, 0.2) is 5.13 Å². The first-order valence-electron chi connectivity index (χ1n) is 10.9. The van der Waals surface area contributed by atoms with Gasteiger partial charge in [-0.1, -0.05) is 48.0 Å². The van der Waals surface area contributed by atoms with Gasteiger partial charge in [-0.25, -0.2) is 13.4 Å². The normalized spacial score (nSPS) is 12.2. The minimum Gasteiger partial charge on any atom is -0.301 e. The third-order valence-electron chi connectivity index (χ3n) is 5.19. The number of carbonyl (C=O) groups is 1. The summed E-state index contributed by atoms with van der Waals surface area (Å²) < 4.78 is 27.7. The van der Waals surface area contributed by atoms with Gasteiger partial charge in [0.2, 0.25) is 5.91 Å². The third-order valence-corrected chi connectivity index (χ3v) is 8.59. The summed E-state index contributed by atoms with van der Waals surface area (Å²) in [7, 11) is -3.66. The number of hydrogen-bond acceptors (Lipinski definition) is 6. The van der Waals surface area contributed by atoms with E-state index < -0.39 is 10.0 Å². The molecule has 1 unspecified atom stereocenters. The fourth-order valence-electron chi connectivity index (χ4n) is 3.31. The lowest BCUT2D eigenvalue weighted by molar-refractivity contribution is -0.115. The molecule has 3 aromatic carbocycles. The van der Waals surface area contributed by atoms with E-state index in [1.165, 1.54) is 23.1 Å². The van der Waals surface area contributed by atoms with Crippen molar-refractivity contribution in [3.63, 3.8) is 0 Å². The van der Waals surface area contributed by atoms with Gasteiger partial charge in [-0.05, 0) is 57.2 Å². The number of anilines is 2. The maximum absolute atomic E-state index is 12.8. The summed E-state index contributed by atoms with van der Waals surface area (Å²) in [6, 6.07) is 23.5. The molecule has 6 nitrogen and oxygen atoms in total. The molecule has 0 spiro atoms. The van der Waals surface area contributed by atoms with Gasteiger partial charge >= 0.3 is 0 Å². The quantitative estimate of drug-likeness (QED) is 0.263. The van der Waals surface area contributed by atoms with Gasteiger partial charge in [-0.3, -0.25) is 9.52 Å². The second-order valence-corrected chi connectivity index (χ2v) is 12.3. The predicted molar refractivity (Wildman–Crippen MR) is 145 cm³/mol. The molecular weight excluding hydrogens is 499 g/mol. The number of aromatic nitrogens is 1. The molecule has 0 bridgehead atoms. The Kier molecular flexibility index (Phi) is 7.59. The van der Waals surface area contributed by atoms with Gasteiger partial charge in [0.05, 0.1) is 15.8 Å². The van der Waals surface area contributed by atoms with Crippen molar-refractivity contribution in [1.82, 2.24) is 4.98 Å². The Labute approximate surface area is 213 Å². The molecule has 1 heterocycles. The summed E-state index contributed by atoms with van der Waals surface area (Å²) in [4.78, 5) is 19.4. The van der Waals surface area contributed by atoms with Gasteiger partial charge in [0.25, 0.3) is 10.0 Å². The molecule has 1 aromatic heterocycles. The molecule has 0 radical (unpaired) electrons. The van der Waals surface area contributed by atoms with Crippen LogP contribution in [0, 0.1) is 13.8 Å². The average molecular weight is 524 g/mol. The van der Waals surface area contributed by atoms with Crippen molar-refractivity contribution in [2.75, 3.05) is 10.0 Å². The van der Waals surface area contributed by atoms with E-state index in [0.29, 0.717) is 10.8 Å². The largest absolute Gasteiger partial charge is 0.301 e. The molecule has 2 N–H and O–H groups in total. The van der Waals surface area contributed by atoms with Crippen LogP contribution in [-0.2, 0) is 14.8 Å². The molecule has 0 aliphatic heterocycles. The highest BCUT2D eigenvalue weighted by Crippen LogP contribution is 2.31. The van der Waals surface area contributed by atoms with Crippen LogP contribution in [0.5, 0.6) is 0 Å². The van der Waals surface area contributed by atoms with Crippen LogP contribution < -0.4 is 10.0 Å². The fraction of sp³-hybridized carbons (Fsp3) is 0.154. The first-order valence-corrected chi connectivity index (χ1v) is 14.1. The lowest BCUT2D eigenvalue weighted by Crippen LogP contribution is -2.22. The van der Waals surface area contributed by atoms with Gasteiger partial charge in [0.1, 0.15) is 0 Å². The number of carbonyl (C=O) groups excluding carboxylic acids is 1. The highest BCUT2D eigenvalue weighted by molar-refractivity contribution is 8.00. The molecule has 180 valence electrons. The predicted octanol–water partition coefficient (Wildman–Crippen LogP) is 6.35. The molecule has 9 heteroatoms. The monoisotopic (exact) mass is 523 g/mol. The van der Waals surface area contributed by atoms with E-state index in [4.69, 9.17) is 0 Å². The Balaban J connectivity index is 1.36. The van der Waals surface area contributed by atoms with E-state index in [1.54, 1.807) is 48.5 Å². The Bertz CT molecular complexity index is 1420. The number of aryl methyl sites for hydroxylation is 2. The molecule has 4 rings (SSSR count). The summed E-state index contributed by atoms with van der Waals surface area (Å²) in [6.45, 7) is 5.72. The van der Waals surface area contributed by atoms with Gasteiger partial charge in [-0.2, -0.15) is 0 Å². The van der Waals surface area contributed by atoms with Crippen molar-refractivity contribution in [2.24, 2.45) is 0 Å². The van der Waals surface area contributed by atoms with Crippen LogP contribution in [0.15, 0.2) is 88.7 Å². The molecule has 1 atom stereocenters. The minimum atomic E-state index is -3.66. The number of hydrogen-bond donors (Lipinski definition) is 2. The zero-order valence-electron chi connectivity index (χ0n) is 19.5. The van der Waals surface area contributed by atoms with Crippen molar-refractivity contribution in [1.29, 1.82) is 0 Å². The molecule has 0 fully saturated rings. The average Bonchev–Trinajstić information content (AvgIpc) is 3.20. The van der Waals surface area contributed by atoms with Crippen molar-refractivity contribution in [3.05, 3.63) is 89.3 Å². The SMILES string of the molecule is Cc1ccc(S(=O)(=O)Nc2ccc(SC(C)C(=O)Nc3nc(-c4ccccc4)c(C)s3)cc2)cc1. The number of nitrogens with zero attached hydrogens (tertiary/aromatic N) is 1. The smallest absolute Gasteiger partial charge is 0.261 e. The van der Waals surface area contributed by atoms with Crippen molar-refractivity contribution in [2.45, 2.75) is 35.8 Å². The molecule has 1 amide bonds. The number of nitrogens with one attached hydrogen (secondary N) is 2. The molecular formula is C26H25N3O3S3. The van der Waals surface area contributed by atoms with Crippen LogP contribution in [0.2, 0.25) is 0 Å². The zero-order valence-corrected chi connectivity index (χ0v) is 21.9. The lowest BCUT2D eigenvalue weighted by Gasteiger charge is -2.12. The van der Waals surface area contributed by atoms with E-state index >= 15 is 0 Å². The van der Waals surface area contributed by atoms with Crippen molar-refractivity contribution in [3.8, 4) is 11.3 Å². The van der Waals surface area contributed by atoms with Crippen molar-refractivity contribution >= 4 is 49.8 Å². The Morgan fingerprint density at radius 1 is 0.943 bits per heavy atom. The van der Waals surface area contributed by atoms with Gasteiger partial charge in [-0.15, -0.1) is 23.1 Å². The number of benzene rings is 3. The standard InChI is InChI=1S/C26H25N3O3S3/c1-17-9-15-23(16-10-17)35(31,32)29-21-11-13-22(14-12-21)33-19(3)25(30)28-26-27-24(18(2)34-26)20-7-5-4-6-8-20/h4-16,19,29H,1-3H3,(H,27,28,30). The van der Waals surface area contributed by atoms with Crippen LogP contribution in [0.4, 0.5) is 10.8 Å². The van der Waals surface area contributed by atoms with Crippen LogP contribution in [0.1, 0.15) is 17.4 Å². The number of sulfonamides is 1. The molecule has 0 aliphatic rings. The maximum atomic E-state index is 12.8. The Morgan fingerprint density at radius 3 is 2.26 bits per heavy atom. The summed E-state index contributed by atoms with van der Waals surface area (Å²) in [5.41, 5.74) is 3.33. The molecule has 0 saturated heterocycles. The number of thioether (sulfide) groups is 1. The van der Waals surface area contributed by atoms with Crippen LogP contribution in [-0.4, -0.2) is 24.6 Å². The maximum Gasteiger partial charge on any atom is 0.261 e. The third kappa shape index (κ3) is 6.30. The second-order valence-electron chi connectivity index (χ2n) is 7.98. The molecule has 0 saturated carbocycles. The number of thiazole rings is 1. The topological polar surface area (TPSA) is 88.2 Å². The van der Waals surface area contributed by atoms with E-state index in [-0.39, 0.29) is 16.1 Å². The van der Waals surface area contributed by atoms with Crippen molar-refractivity contribution < 1.29 is 13.2 Å². The summed E-state index contributed by atoms with van der Waals surface area (Å²) in [6.07, 6.45) is 0. The number of amides is 1. The summed E-state index contributed by atoms with van der Waals surface area (Å²) in [5, 5.41) is 3.12. The number of rotatable bonds is 8. The van der Waals surface area contributed by atoms with E-state index in [0.717, 1.165) is 26.6 Å². The van der Waals surface area contributed by atoms with Crippen LogP contribution >= 0.6 is 23.1 Å². The van der Waals surface area contributed by atoms with E-state index in [9.17, 15) is 13.2 Å². The van der Waals surface area contributed by atoms with E-state index in [2.05, 4.69) is 15.0 Å². The summed E-state index contributed by atoms with van der Waals surface area (Å²) in [5.74, 6) is -0.146. The zero-order chi connectivity index (χ0) is 25.0. The first kappa shape index (κ1) is 25.0. The molecule has 35 heavy (non-hydrogen) atoms. The first-order chi connectivity index (χ1) is 16.7. The van der Waals surface area contributed by atoms with Gasteiger partial charge in [0, 0.05) is 21.0 Å². The lowest BCUT2D eigenvalue weighted by atomic mass is 10.1. The highest BCUT2D eigenvalue weighted by atomic mass is 32.2. The molecule has 0 aliphatic carbocycles. The highest BCUT2D eigenvalue weighted by Gasteiger charge is 2.18.